The first-order chi connectivity index (χ1) is 9.79. The molecule has 1 saturated carbocycles. The molecular formula is C18H21NO. The first-order valence-corrected chi connectivity index (χ1v) is 7.58. The lowest BCUT2D eigenvalue weighted by Gasteiger charge is -2.08. The minimum Gasteiger partial charge on any atom is -0.325 e. The zero-order valence-corrected chi connectivity index (χ0v) is 11.9. The van der Waals surface area contributed by atoms with Crippen molar-refractivity contribution in [1.82, 2.24) is 0 Å². The van der Waals surface area contributed by atoms with Crippen molar-refractivity contribution in [2.45, 2.75) is 32.6 Å². The Bertz CT molecular complexity index is 614. The monoisotopic (exact) mass is 267 g/mol. The molecule has 0 radical (unpaired) electrons. The molecule has 20 heavy (non-hydrogen) atoms. The average Bonchev–Trinajstić information content (AvgIpc) is 3.25. The Hall–Kier alpha value is -1.83. The van der Waals surface area contributed by atoms with E-state index in [4.69, 9.17) is 0 Å². The van der Waals surface area contributed by atoms with Gasteiger partial charge in [0.25, 0.3) is 0 Å². The third kappa shape index (κ3) is 2.69. The predicted octanol–water partition coefficient (Wildman–Crippen LogP) is 4.60. The highest BCUT2D eigenvalue weighted by molar-refractivity contribution is 6.03. The van der Waals surface area contributed by atoms with Gasteiger partial charge in [0.2, 0.25) is 5.91 Å². The number of fused-ring (bicyclic) bond motifs is 1. The van der Waals surface area contributed by atoms with Crippen LogP contribution in [0.25, 0.3) is 10.8 Å². The van der Waals surface area contributed by atoms with Crippen molar-refractivity contribution in [3.05, 3.63) is 42.5 Å². The summed E-state index contributed by atoms with van der Waals surface area (Å²) in [6.45, 7) is 2.20. The van der Waals surface area contributed by atoms with Crippen molar-refractivity contribution < 1.29 is 4.79 Å². The number of nitrogens with one attached hydrogen (secondary N) is 1. The van der Waals surface area contributed by atoms with Crippen LogP contribution in [0.1, 0.15) is 32.6 Å². The summed E-state index contributed by atoms with van der Waals surface area (Å²) < 4.78 is 0. The molecule has 2 aromatic carbocycles. The first-order valence-electron chi connectivity index (χ1n) is 7.58. The van der Waals surface area contributed by atoms with E-state index in [-0.39, 0.29) is 11.8 Å². The number of carbonyl (C=O) groups is 1. The fourth-order valence-electron chi connectivity index (χ4n) is 2.91. The molecule has 0 bridgehead atoms. The Morgan fingerprint density at radius 1 is 1.20 bits per heavy atom. The van der Waals surface area contributed by atoms with Crippen molar-refractivity contribution in [2.75, 3.05) is 5.32 Å². The van der Waals surface area contributed by atoms with Crippen LogP contribution < -0.4 is 5.32 Å². The van der Waals surface area contributed by atoms with Crippen molar-refractivity contribution in [2.24, 2.45) is 11.8 Å². The molecule has 2 heteroatoms. The highest BCUT2D eigenvalue weighted by Crippen LogP contribution is 2.43. The number of unbranched alkanes of at least 4 members (excludes halogenated alkanes) is 1. The second-order valence-electron chi connectivity index (χ2n) is 5.76. The molecule has 1 aliphatic carbocycles. The summed E-state index contributed by atoms with van der Waals surface area (Å²) in [5, 5.41) is 5.40. The second kappa shape index (κ2) is 5.66. The van der Waals surface area contributed by atoms with Crippen LogP contribution in [0.5, 0.6) is 0 Å². The van der Waals surface area contributed by atoms with E-state index in [1.165, 1.54) is 24.6 Å². The lowest BCUT2D eigenvalue weighted by atomic mass is 10.1. The van der Waals surface area contributed by atoms with Crippen LogP contribution in [0, 0.1) is 11.8 Å². The summed E-state index contributed by atoms with van der Waals surface area (Å²) in [5.41, 5.74) is 0.939. The molecular weight excluding hydrogens is 246 g/mol. The molecule has 0 saturated heterocycles. The van der Waals surface area contributed by atoms with Gasteiger partial charge in [-0.05, 0) is 30.2 Å². The SMILES string of the molecule is CCCC[C@H]1C[C@H]1C(=O)Nc1cccc2ccccc12. The molecule has 104 valence electrons. The van der Waals surface area contributed by atoms with Crippen LogP contribution >= 0.6 is 0 Å². The quantitative estimate of drug-likeness (QED) is 0.842. The van der Waals surface area contributed by atoms with E-state index in [1.807, 2.05) is 24.3 Å². The Kier molecular flexibility index (Phi) is 3.72. The third-order valence-electron chi connectivity index (χ3n) is 4.24. The zero-order chi connectivity index (χ0) is 13.9. The van der Waals surface area contributed by atoms with Gasteiger partial charge in [0.15, 0.2) is 0 Å². The summed E-state index contributed by atoms with van der Waals surface area (Å²) in [5.74, 6) is 1.05. The van der Waals surface area contributed by atoms with Gasteiger partial charge < -0.3 is 5.32 Å². The third-order valence-corrected chi connectivity index (χ3v) is 4.24. The van der Waals surface area contributed by atoms with Crippen LogP contribution in [-0.4, -0.2) is 5.91 Å². The molecule has 0 spiro atoms. The highest BCUT2D eigenvalue weighted by Gasteiger charge is 2.42. The maximum absolute atomic E-state index is 12.3. The molecule has 2 atom stereocenters. The normalized spacial score (nSPS) is 20.9. The number of hydrogen-bond donors (Lipinski definition) is 1. The van der Waals surface area contributed by atoms with E-state index in [9.17, 15) is 4.79 Å². The zero-order valence-electron chi connectivity index (χ0n) is 11.9. The maximum atomic E-state index is 12.3. The smallest absolute Gasteiger partial charge is 0.227 e. The minimum atomic E-state index is 0.197. The average molecular weight is 267 g/mol. The molecule has 1 N–H and O–H groups in total. The van der Waals surface area contributed by atoms with Crippen LogP contribution in [0.2, 0.25) is 0 Å². The van der Waals surface area contributed by atoms with E-state index in [0.717, 1.165) is 17.5 Å². The Balaban J connectivity index is 1.70. The van der Waals surface area contributed by atoms with E-state index in [0.29, 0.717) is 5.92 Å². The van der Waals surface area contributed by atoms with E-state index < -0.39 is 0 Å². The van der Waals surface area contributed by atoms with Gasteiger partial charge in [0.1, 0.15) is 0 Å². The minimum absolute atomic E-state index is 0.197. The molecule has 0 aliphatic heterocycles. The molecule has 3 rings (SSSR count). The van der Waals surface area contributed by atoms with Crippen LogP contribution in [-0.2, 0) is 4.79 Å². The Labute approximate surface area is 120 Å². The molecule has 2 aromatic rings. The fraction of sp³-hybridized carbons (Fsp3) is 0.389. The number of rotatable bonds is 5. The van der Waals surface area contributed by atoms with Crippen LogP contribution in [0.15, 0.2) is 42.5 Å². The summed E-state index contributed by atoms with van der Waals surface area (Å²) in [7, 11) is 0. The fourth-order valence-corrected chi connectivity index (χ4v) is 2.91. The molecule has 1 aliphatic rings. The van der Waals surface area contributed by atoms with Gasteiger partial charge in [-0.15, -0.1) is 0 Å². The molecule has 1 amide bonds. The van der Waals surface area contributed by atoms with Gasteiger partial charge in [0.05, 0.1) is 0 Å². The number of anilines is 1. The van der Waals surface area contributed by atoms with Gasteiger partial charge >= 0.3 is 0 Å². The van der Waals surface area contributed by atoms with Gasteiger partial charge in [0, 0.05) is 17.0 Å². The maximum Gasteiger partial charge on any atom is 0.227 e. The number of hydrogen-bond acceptors (Lipinski definition) is 1. The van der Waals surface area contributed by atoms with E-state index in [2.05, 4.69) is 30.4 Å². The lowest BCUT2D eigenvalue weighted by molar-refractivity contribution is -0.117. The van der Waals surface area contributed by atoms with Crippen molar-refractivity contribution in [3.63, 3.8) is 0 Å². The largest absolute Gasteiger partial charge is 0.325 e. The van der Waals surface area contributed by atoms with Crippen molar-refractivity contribution in [1.29, 1.82) is 0 Å². The summed E-state index contributed by atoms with van der Waals surface area (Å²) in [6.07, 6.45) is 4.72. The van der Waals surface area contributed by atoms with E-state index >= 15 is 0 Å². The molecule has 0 heterocycles. The van der Waals surface area contributed by atoms with Gasteiger partial charge in [-0.1, -0.05) is 56.2 Å². The second-order valence-corrected chi connectivity index (χ2v) is 5.76. The Morgan fingerprint density at radius 2 is 2.00 bits per heavy atom. The topological polar surface area (TPSA) is 29.1 Å². The first kappa shape index (κ1) is 13.2. The summed E-state index contributed by atoms with van der Waals surface area (Å²) in [4.78, 5) is 12.3. The van der Waals surface area contributed by atoms with Crippen LogP contribution in [0.4, 0.5) is 5.69 Å². The molecule has 0 unspecified atom stereocenters. The van der Waals surface area contributed by atoms with Crippen LogP contribution in [0.3, 0.4) is 0 Å². The van der Waals surface area contributed by atoms with E-state index in [1.54, 1.807) is 0 Å². The molecule has 2 nitrogen and oxygen atoms in total. The van der Waals surface area contributed by atoms with Gasteiger partial charge in [-0.2, -0.15) is 0 Å². The predicted molar refractivity (Wildman–Crippen MR) is 83.7 cm³/mol. The van der Waals surface area contributed by atoms with Gasteiger partial charge in [-0.25, -0.2) is 0 Å². The van der Waals surface area contributed by atoms with Crippen molar-refractivity contribution in [3.8, 4) is 0 Å². The Morgan fingerprint density at radius 3 is 2.85 bits per heavy atom. The number of carbonyl (C=O) groups excluding carboxylic acids is 1. The van der Waals surface area contributed by atoms with Gasteiger partial charge in [-0.3, -0.25) is 4.79 Å². The summed E-state index contributed by atoms with van der Waals surface area (Å²) in [6, 6.07) is 14.2. The summed E-state index contributed by atoms with van der Waals surface area (Å²) >= 11 is 0. The number of benzene rings is 2. The lowest BCUT2D eigenvalue weighted by Crippen LogP contribution is -2.15. The molecule has 0 aromatic heterocycles. The standard InChI is InChI=1S/C18H21NO/c1-2-3-7-14-12-16(14)18(20)19-17-11-6-9-13-8-4-5-10-15(13)17/h4-6,8-11,14,16H,2-3,7,12H2,1H3,(H,19,20)/t14-,16+/m0/s1. The molecule has 1 fully saturated rings. The number of amides is 1. The van der Waals surface area contributed by atoms with Crippen molar-refractivity contribution >= 4 is 22.4 Å². The highest BCUT2D eigenvalue weighted by atomic mass is 16.2.